The Morgan fingerprint density at radius 1 is 1.52 bits per heavy atom. The molecule has 0 amide bonds. The fourth-order valence-corrected chi connectivity index (χ4v) is 3.77. The van der Waals surface area contributed by atoms with Gasteiger partial charge in [-0.15, -0.1) is 22.7 Å². The molecule has 0 atom stereocenters. The average Bonchev–Trinajstić information content (AvgIpc) is 3.06. The third-order valence-corrected chi connectivity index (χ3v) is 5.16. The van der Waals surface area contributed by atoms with Gasteiger partial charge in [0.2, 0.25) is 0 Å². The van der Waals surface area contributed by atoms with E-state index in [1.165, 1.54) is 16.2 Å². The van der Waals surface area contributed by atoms with E-state index in [4.69, 9.17) is 5.73 Å². The highest BCUT2D eigenvalue weighted by atomic mass is 32.1. The third-order valence-electron chi connectivity index (χ3n) is 3.04. The molecule has 3 N–H and O–H groups in total. The summed E-state index contributed by atoms with van der Waals surface area (Å²) in [7, 11) is 0. The monoisotopic (exact) mass is 319 g/mol. The van der Waals surface area contributed by atoms with E-state index in [9.17, 15) is 10.1 Å². The normalized spacial score (nSPS) is 10.6. The molecule has 0 aliphatic carbocycles. The fourth-order valence-electron chi connectivity index (χ4n) is 1.88. The van der Waals surface area contributed by atoms with Gasteiger partial charge in [0.15, 0.2) is 5.78 Å². The number of anilines is 2. The van der Waals surface area contributed by atoms with Crippen molar-refractivity contribution in [1.82, 2.24) is 0 Å². The average molecular weight is 319 g/mol. The van der Waals surface area contributed by atoms with E-state index in [0.29, 0.717) is 27.7 Å². The van der Waals surface area contributed by atoms with Crippen molar-refractivity contribution in [3.05, 3.63) is 32.8 Å². The highest BCUT2D eigenvalue weighted by Crippen LogP contribution is 2.36. The predicted molar refractivity (Wildman–Crippen MR) is 89.1 cm³/mol. The molecule has 0 aliphatic heterocycles. The van der Waals surface area contributed by atoms with E-state index in [0.717, 1.165) is 6.42 Å². The molecule has 0 unspecified atom stereocenters. The number of nitrogens with two attached hydrogens (primary N) is 1. The number of nitrogens with zero attached hydrogens (tertiary/aromatic N) is 1. The van der Waals surface area contributed by atoms with Crippen LogP contribution in [0.2, 0.25) is 0 Å². The number of nitrogens with one attached hydrogen (secondary N) is 1. The number of Topliss-reactive ketones (excluding diaryl/α,β-unsaturated/α-hetero) is 1. The van der Waals surface area contributed by atoms with Crippen LogP contribution in [-0.2, 0) is 6.42 Å². The summed E-state index contributed by atoms with van der Waals surface area (Å²) in [5.74, 6) is -0.142. The molecular formula is C15H17N3OS2. The maximum Gasteiger partial charge on any atom is 0.177 e. The van der Waals surface area contributed by atoms with Gasteiger partial charge in [0.25, 0.3) is 0 Å². The topological polar surface area (TPSA) is 78.9 Å². The minimum absolute atomic E-state index is 0.0136. The van der Waals surface area contributed by atoms with Crippen LogP contribution in [0, 0.1) is 17.2 Å². The van der Waals surface area contributed by atoms with Crippen molar-refractivity contribution >= 4 is 39.1 Å². The highest BCUT2D eigenvalue weighted by molar-refractivity contribution is 7.19. The molecule has 0 spiro atoms. The molecule has 0 aliphatic rings. The van der Waals surface area contributed by atoms with E-state index in [-0.39, 0.29) is 11.7 Å². The Morgan fingerprint density at radius 3 is 2.86 bits per heavy atom. The van der Waals surface area contributed by atoms with Gasteiger partial charge in [-0.1, -0.05) is 19.9 Å². The second-order valence-corrected chi connectivity index (χ2v) is 6.99. The first kappa shape index (κ1) is 15.5. The molecule has 0 bridgehead atoms. The van der Waals surface area contributed by atoms with Gasteiger partial charge in [-0.05, 0) is 17.9 Å². The molecule has 6 heteroatoms. The minimum atomic E-state index is -0.128. The molecular weight excluding hydrogens is 302 g/mol. The van der Waals surface area contributed by atoms with Gasteiger partial charge in [-0.3, -0.25) is 4.79 Å². The van der Waals surface area contributed by atoms with Crippen LogP contribution in [0.15, 0.2) is 17.5 Å². The highest BCUT2D eigenvalue weighted by Gasteiger charge is 2.22. The van der Waals surface area contributed by atoms with Crippen LogP contribution >= 0.6 is 22.7 Å². The van der Waals surface area contributed by atoms with Gasteiger partial charge < -0.3 is 11.1 Å². The van der Waals surface area contributed by atoms with E-state index in [1.54, 1.807) is 11.3 Å². The Balaban J connectivity index is 2.14. The van der Waals surface area contributed by atoms with Gasteiger partial charge in [0.05, 0.1) is 10.6 Å². The summed E-state index contributed by atoms with van der Waals surface area (Å²) >= 11 is 2.98. The maximum absolute atomic E-state index is 12.1. The second-order valence-electron chi connectivity index (χ2n) is 4.94. The first-order valence-electron chi connectivity index (χ1n) is 6.67. The lowest BCUT2D eigenvalue weighted by Crippen LogP contribution is -2.07. The zero-order chi connectivity index (χ0) is 15.4. The number of ketones is 1. The van der Waals surface area contributed by atoms with Crippen LogP contribution in [0.25, 0.3) is 0 Å². The van der Waals surface area contributed by atoms with Crippen LogP contribution in [-0.4, -0.2) is 12.3 Å². The molecule has 2 aromatic rings. The number of carbonyl (C=O) groups is 1. The van der Waals surface area contributed by atoms with Gasteiger partial charge >= 0.3 is 0 Å². The lowest BCUT2D eigenvalue weighted by atomic mass is 10.1. The zero-order valence-electron chi connectivity index (χ0n) is 12.0. The molecule has 4 nitrogen and oxygen atoms in total. The van der Waals surface area contributed by atoms with E-state index >= 15 is 0 Å². The summed E-state index contributed by atoms with van der Waals surface area (Å²) in [6.45, 7) is 4.37. The lowest BCUT2D eigenvalue weighted by molar-refractivity contribution is 0.0944. The van der Waals surface area contributed by atoms with Crippen molar-refractivity contribution < 1.29 is 4.79 Å². The number of carbonyl (C=O) groups excluding carboxylic acids is 1. The Bertz CT molecular complexity index is 666. The van der Waals surface area contributed by atoms with Crippen molar-refractivity contribution in [3.8, 4) is 6.07 Å². The van der Waals surface area contributed by atoms with Crippen LogP contribution in [0.4, 0.5) is 10.7 Å². The van der Waals surface area contributed by atoms with Gasteiger partial charge in [0.1, 0.15) is 16.6 Å². The molecule has 0 aromatic carbocycles. The molecule has 2 rings (SSSR count). The Labute approximate surface area is 132 Å². The van der Waals surface area contributed by atoms with Crippen molar-refractivity contribution in [3.63, 3.8) is 0 Å². The first-order valence-corrected chi connectivity index (χ1v) is 8.37. The molecule has 2 heterocycles. The van der Waals surface area contributed by atoms with Gasteiger partial charge in [-0.2, -0.15) is 5.26 Å². The number of thiophene rings is 2. The molecule has 21 heavy (non-hydrogen) atoms. The van der Waals surface area contributed by atoms with Gasteiger partial charge in [0, 0.05) is 17.3 Å². The van der Waals surface area contributed by atoms with E-state index < -0.39 is 0 Å². The summed E-state index contributed by atoms with van der Waals surface area (Å²) in [4.78, 5) is 13.9. The molecule has 0 radical (unpaired) electrons. The van der Waals surface area contributed by atoms with Crippen LogP contribution in [0.5, 0.6) is 0 Å². The molecule has 0 fully saturated rings. The molecule has 110 valence electrons. The predicted octanol–water partition coefficient (Wildman–Crippen LogP) is 3.76. The van der Waals surface area contributed by atoms with Crippen LogP contribution in [0.1, 0.15) is 34.0 Å². The molecule has 0 saturated carbocycles. The maximum atomic E-state index is 12.1. The third kappa shape index (κ3) is 3.43. The summed E-state index contributed by atoms with van der Waals surface area (Å²) < 4.78 is 0. The largest absolute Gasteiger partial charge is 0.396 e. The van der Waals surface area contributed by atoms with Crippen molar-refractivity contribution in [1.29, 1.82) is 5.26 Å². The van der Waals surface area contributed by atoms with Crippen LogP contribution < -0.4 is 11.1 Å². The first-order chi connectivity index (χ1) is 10.0. The smallest absolute Gasteiger partial charge is 0.177 e. The number of rotatable bonds is 6. The number of nitriles is 1. The zero-order valence-corrected chi connectivity index (χ0v) is 13.6. The quantitative estimate of drug-likeness (QED) is 0.795. The minimum Gasteiger partial charge on any atom is -0.396 e. The molecule has 2 aromatic heterocycles. The standard InChI is InChI=1S/C15H17N3OS2/c1-9(2)13(19)14-12(17)11(8-16)15(21-14)18-6-5-10-4-3-7-20-10/h3-4,7,9,18H,5-6,17H2,1-2H3. The number of hydrogen-bond donors (Lipinski definition) is 2. The number of nitrogen functional groups attached to an aromatic ring is 1. The van der Waals surface area contributed by atoms with Gasteiger partial charge in [-0.25, -0.2) is 0 Å². The Morgan fingerprint density at radius 2 is 2.29 bits per heavy atom. The van der Waals surface area contributed by atoms with Crippen molar-refractivity contribution in [2.45, 2.75) is 20.3 Å². The number of hydrogen-bond acceptors (Lipinski definition) is 6. The lowest BCUT2D eigenvalue weighted by Gasteiger charge is -2.02. The van der Waals surface area contributed by atoms with Crippen molar-refractivity contribution in [2.24, 2.45) is 5.92 Å². The summed E-state index contributed by atoms with van der Waals surface area (Å²) in [5.41, 5.74) is 6.64. The fraction of sp³-hybridized carbons (Fsp3) is 0.333. The Kier molecular flexibility index (Phi) is 4.99. The summed E-state index contributed by atoms with van der Waals surface area (Å²) in [5, 5.41) is 15.2. The second kappa shape index (κ2) is 6.74. The van der Waals surface area contributed by atoms with Crippen LogP contribution in [0.3, 0.4) is 0 Å². The van der Waals surface area contributed by atoms with E-state index in [2.05, 4.69) is 17.5 Å². The summed E-state index contributed by atoms with van der Waals surface area (Å²) in [6, 6.07) is 6.19. The SMILES string of the molecule is CC(C)C(=O)c1sc(NCCc2cccs2)c(C#N)c1N. The van der Waals surface area contributed by atoms with Crippen molar-refractivity contribution in [2.75, 3.05) is 17.6 Å². The van der Waals surface area contributed by atoms with E-state index in [1.807, 2.05) is 25.3 Å². The Hall–Kier alpha value is -1.84. The molecule has 0 saturated heterocycles. The summed E-state index contributed by atoms with van der Waals surface area (Å²) in [6.07, 6.45) is 0.883.